The summed E-state index contributed by atoms with van der Waals surface area (Å²) in [5, 5.41) is 12.2. The smallest absolute Gasteiger partial charge is 0.135 e. The topological polar surface area (TPSA) is 36.1 Å². The second-order valence-corrected chi connectivity index (χ2v) is 18.2. The Morgan fingerprint density at radius 3 is 1.18 bits per heavy atom. The first-order valence-corrected chi connectivity index (χ1v) is 22.9. The highest BCUT2D eigenvalue weighted by molar-refractivity contribution is 7.27. The molecular formula is C60H34N2O2S. The zero-order valence-corrected chi connectivity index (χ0v) is 35.6. The Morgan fingerprint density at radius 1 is 0.277 bits per heavy atom. The lowest BCUT2D eigenvalue weighted by atomic mass is 10.0. The monoisotopic (exact) mass is 846 g/mol. The molecule has 0 spiro atoms. The van der Waals surface area contributed by atoms with Gasteiger partial charge in [0.2, 0.25) is 0 Å². The highest BCUT2D eigenvalue weighted by atomic mass is 32.1. The molecule has 0 fully saturated rings. The van der Waals surface area contributed by atoms with Gasteiger partial charge in [-0.05, 0) is 107 Å². The van der Waals surface area contributed by atoms with Gasteiger partial charge in [0.25, 0.3) is 0 Å². The van der Waals surface area contributed by atoms with Crippen molar-refractivity contribution in [1.29, 1.82) is 0 Å². The molecule has 4 nitrogen and oxygen atoms in total. The maximum Gasteiger partial charge on any atom is 0.135 e. The number of aromatic nitrogens is 2. The molecule has 15 rings (SSSR count). The molecule has 0 saturated carbocycles. The van der Waals surface area contributed by atoms with Crippen LogP contribution in [-0.2, 0) is 0 Å². The van der Waals surface area contributed by atoms with Gasteiger partial charge >= 0.3 is 0 Å². The van der Waals surface area contributed by atoms with E-state index in [1.165, 1.54) is 74.9 Å². The summed E-state index contributed by atoms with van der Waals surface area (Å²) in [6.45, 7) is 0. The number of rotatable bonds is 4. The molecule has 5 heteroatoms. The summed E-state index contributed by atoms with van der Waals surface area (Å²) < 4.78 is 19.9. The first-order chi connectivity index (χ1) is 32.2. The Labute approximate surface area is 375 Å². The zero-order chi connectivity index (χ0) is 42.3. The minimum atomic E-state index is 0.908. The predicted octanol–water partition coefficient (Wildman–Crippen LogP) is 17.4. The molecular weight excluding hydrogens is 813 g/mol. The summed E-state index contributed by atoms with van der Waals surface area (Å²) in [4.78, 5) is 0. The first kappa shape index (κ1) is 35.1. The quantitative estimate of drug-likeness (QED) is 0.177. The van der Waals surface area contributed by atoms with E-state index in [0.29, 0.717) is 0 Å². The third-order valence-corrected chi connectivity index (χ3v) is 15.0. The van der Waals surface area contributed by atoms with Crippen LogP contribution < -0.4 is 0 Å². The summed E-state index contributed by atoms with van der Waals surface area (Å²) in [5.41, 5.74) is 15.4. The third-order valence-electron chi connectivity index (χ3n) is 13.7. The van der Waals surface area contributed by atoms with Crippen molar-refractivity contribution < 1.29 is 8.83 Å². The predicted molar refractivity (Wildman–Crippen MR) is 273 cm³/mol. The molecule has 0 aliphatic rings. The largest absolute Gasteiger partial charge is 0.456 e. The molecule has 0 aliphatic carbocycles. The zero-order valence-electron chi connectivity index (χ0n) is 34.7. The SMILES string of the molecule is c1cc(-c2ccc3oc4ccccc4c3c2)cc(-n2c3ccccc3c3c4sc5c(ccc6c5c5ccccc5n6-c5cccc(-c6ccc7oc8ccccc8c7c6)c5)c4ccc32)c1. The summed E-state index contributed by atoms with van der Waals surface area (Å²) in [5.74, 6) is 0. The average Bonchev–Trinajstić information content (AvgIpc) is 4.18. The minimum absolute atomic E-state index is 0.908. The van der Waals surface area contributed by atoms with Crippen molar-refractivity contribution in [2.75, 3.05) is 0 Å². The molecule has 0 N–H and O–H groups in total. The van der Waals surface area contributed by atoms with Crippen molar-refractivity contribution in [3.8, 4) is 33.6 Å². The van der Waals surface area contributed by atoms with E-state index in [0.717, 1.165) is 66.4 Å². The maximum absolute atomic E-state index is 6.18. The highest BCUT2D eigenvalue weighted by Gasteiger charge is 2.22. The van der Waals surface area contributed by atoms with Gasteiger partial charge in [-0.25, -0.2) is 0 Å². The van der Waals surface area contributed by atoms with Crippen molar-refractivity contribution in [1.82, 2.24) is 9.13 Å². The molecule has 15 aromatic rings. The normalized spacial score (nSPS) is 12.3. The van der Waals surface area contributed by atoms with Crippen LogP contribution in [0.2, 0.25) is 0 Å². The van der Waals surface area contributed by atoms with Gasteiger partial charge in [0.05, 0.1) is 22.1 Å². The molecule has 0 saturated heterocycles. The standard InChI is InChI=1S/C60H34N2O2S/c1-5-19-49-45(17-1)57-51(61(49)39-13-9-11-35(31-39)37-23-29-55-47(33-37)41-15-3-7-21-53(41)63-55)27-25-43-44-26-28-52-58(60(44)65-59(43)57)46-18-2-6-20-50(46)62(52)40-14-10-12-36(32-40)38-24-30-56-48(34-38)42-16-4-8-22-54(42)64-56/h1-34H. The van der Waals surface area contributed by atoms with E-state index in [-0.39, 0.29) is 0 Å². The molecule has 0 bridgehead atoms. The van der Waals surface area contributed by atoms with Crippen LogP contribution in [0.15, 0.2) is 215 Å². The number of para-hydroxylation sites is 4. The number of fused-ring (bicyclic) bond motifs is 17. The van der Waals surface area contributed by atoms with Gasteiger partial charge in [0.1, 0.15) is 22.3 Å². The first-order valence-electron chi connectivity index (χ1n) is 22.1. The van der Waals surface area contributed by atoms with E-state index in [2.05, 4.69) is 191 Å². The second-order valence-electron chi connectivity index (χ2n) is 17.2. The van der Waals surface area contributed by atoms with Crippen LogP contribution in [0.25, 0.3) is 141 Å². The number of hydrogen-bond acceptors (Lipinski definition) is 3. The fourth-order valence-corrected chi connectivity index (χ4v) is 12.2. The Bertz CT molecular complexity index is 4210. The number of furan rings is 2. The summed E-state index contributed by atoms with van der Waals surface area (Å²) in [7, 11) is 0. The highest BCUT2D eigenvalue weighted by Crippen LogP contribution is 2.48. The van der Waals surface area contributed by atoms with E-state index < -0.39 is 0 Å². The Morgan fingerprint density at radius 2 is 0.692 bits per heavy atom. The van der Waals surface area contributed by atoms with Crippen molar-refractivity contribution in [2.45, 2.75) is 0 Å². The number of hydrogen-bond donors (Lipinski definition) is 0. The van der Waals surface area contributed by atoms with Crippen LogP contribution in [0, 0.1) is 0 Å². The summed E-state index contributed by atoms with van der Waals surface area (Å²) in [6.07, 6.45) is 0. The van der Waals surface area contributed by atoms with Crippen molar-refractivity contribution in [2.24, 2.45) is 0 Å². The molecule has 302 valence electrons. The van der Waals surface area contributed by atoms with Gasteiger partial charge < -0.3 is 18.0 Å². The Balaban J connectivity index is 0.911. The van der Waals surface area contributed by atoms with Gasteiger partial charge in [-0.2, -0.15) is 0 Å². The van der Waals surface area contributed by atoms with Crippen molar-refractivity contribution in [3.63, 3.8) is 0 Å². The van der Waals surface area contributed by atoms with E-state index in [9.17, 15) is 0 Å². The molecule has 10 aromatic carbocycles. The van der Waals surface area contributed by atoms with Gasteiger partial charge in [-0.15, -0.1) is 11.3 Å². The summed E-state index contributed by atoms with van der Waals surface area (Å²) >= 11 is 1.93. The van der Waals surface area contributed by atoms with Gasteiger partial charge in [0, 0.05) is 74.6 Å². The van der Waals surface area contributed by atoms with E-state index in [4.69, 9.17) is 8.83 Å². The lowest BCUT2D eigenvalue weighted by Crippen LogP contribution is -1.94. The molecule has 5 heterocycles. The molecule has 65 heavy (non-hydrogen) atoms. The molecule has 0 unspecified atom stereocenters. The molecule has 0 radical (unpaired) electrons. The van der Waals surface area contributed by atoms with Crippen LogP contribution in [0.4, 0.5) is 0 Å². The maximum atomic E-state index is 6.18. The fourth-order valence-electron chi connectivity index (χ4n) is 10.8. The lowest BCUT2D eigenvalue weighted by molar-refractivity contribution is 0.668. The lowest BCUT2D eigenvalue weighted by Gasteiger charge is -2.11. The Hall–Kier alpha value is -8.38. The Kier molecular flexibility index (Phi) is 7.07. The van der Waals surface area contributed by atoms with Crippen LogP contribution in [0.3, 0.4) is 0 Å². The average molecular weight is 847 g/mol. The number of thiophene rings is 1. The van der Waals surface area contributed by atoms with Crippen LogP contribution in [0.5, 0.6) is 0 Å². The minimum Gasteiger partial charge on any atom is -0.456 e. The molecule has 0 atom stereocenters. The number of nitrogens with zero attached hydrogens (tertiary/aromatic N) is 2. The van der Waals surface area contributed by atoms with Gasteiger partial charge in [0.15, 0.2) is 0 Å². The van der Waals surface area contributed by atoms with Gasteiger partial charge in [-0.1, -0.05) is 121 Å². The molecule has 0 aliphatic heterocycles. The number of benzene rings is 10. The van der Waals surface area contributed by atoms with Crippen LogP contribution in [0.1, 0.15) is 0 Å². The van der Waals surface area contributed by atoms with E-state index in [1.54, 1.807) is 0 Å². The van der Waals surface area contributed by atoms with Crippen LogP contribution in [-0.4, -0.2) is 9.13 Å². The van der Waals surface area contributed by atoms with E-state index >= 15 is 0 Å². The van der Waals surface area contributed by atoms with E-state index in [1.807, 2.05) is 35.6 Å². The van der Waals surface area contributed by atoms with Gasteiger partial charge in [-0.3, -0.25) is 0 Å². The summed E-state index contributed by atoms with van der Waals surface area (Å²) in [6, 6.07) is 74.7. The van der Waals surface area contributed by atoms with Crippen LogP contribution >= 0.6 is 11.3 Å². The van der Waals surface area contributed by atoms with Crippen molar-refractivity contribution in [3.05, 3.63) is 206 Å². The fraction of sp³-hybridized carbons (Fsp3) is 0. The molecule has 0 amide bonds. The van der Waals surface area contributed by atoms with Crippen molar-refractivity contribution >= 4 is 119 Å². The molecule has 5 aromatic heterocycles. The second kappa shape index (κ2) is 13.1. The third kappa shape index (κ3) is 4.96.